The summed E-state index contributed by atoms with van der Waals surface area (Å²) < 4.78 is 28.4. The number of ether oxygens (including phenoxy) is 2. The summed E-state index contributed by atoms with van der Waals surface area (Å²) in [7, 11) is 3.03. The summed E-state index contributed by atoms with van der Waals surface area (Å²) in [4.78, 5) is 24.9. The maximum atomic E-state index is 15.3. The van der Waals surface area contributed by atoms with Gasteiger partial charge in [-0.15, -0.1) is 0 Å². The molecule has 0 saturated heterocycles. The van der Waals surface area contributed by atoms with Crippen molar-refractivity contribution in [2.75, 3.05) is 27.4 Å². The lowest BCUT2D eigenvalue weighted by atomic mass is 9.85. The van der Waals surface area contributed by atoms with Gasteiger partial charge >= 0.3 is 12.0 Å². The zero-order valence-corrected chi connectivity index (χ0v) is 31.5. The number of methoxy groups -OCH3 is 2. The van der Waals surface area contributed by atoms with Crippen LogP contribution < -0.4 is 20.5 Å². The van der Waals surface area contributed by atoms with Crippen LogP contribution in [0.1, 0.15) is 42.4 Å². The lowest BCUT2D eigenvalue weighted by molar-refractivity contribution is -0.143. The van der Waals surface area contributed by atoms with Crippen LogP contribution in [-0.4, -0.2) is 70.3 Å². The molecule has 4 aromatic carbocycles. The molecule has 14 heteroatoms. The fourth-order valence-corrected chi connectivity index (χ4v) is 7.96. The van der Waals surface area contributed by atoms with E-state index in [-0.39, 0.29) is 36.4 Å². The molecule has 1 saturated carbocycles. The molecule has 284 valence electrons. The maximum Gasteiger partial charge on any atom is 0.312 e. The predicted molar refractivity (Wildman–Crippen MR) is 207 cm³/mol. The second-order valence-electron chi connectivity index (χ2n) is 13.4. The lowest BCUT2D eigenvalue weighted by Crippen LogP contribution is -2.40. The number of aliphatic hydroxyl groups is 1. The normalized spacial score (nSPS) is 15.8. The van der Waals surface area contributed by atoms with E-state index in [1.807, 2.05) is 47.1 Å². The first-order valence-electron chi connectivity index (χ1n) is 17.6. The van der Waals surface area contributed by atoms with Crippen molar-refractivity contribution in [1.82, 2.24) is 20.0 Å². The highest BCUT2D eigenvalue weighted by Crippen LogP contribution is 2.41. The summed E-state index contributed by atoms with van der Waals surface area (Å²) in [6, 6.07) is 17.6. The van der Waals surface area contributed by atoms with Gasteiger partial charge in [0.25, 0.3) is 0 Å². The Balaban J connectivity index is 1.27. The van der Waals surface area contributed by atoms with Crippen LogP contribution in [0, 0.1) is 11.7 Å². The maximum absolute atomic E-state index is 15.3. The van der Waals surface area contributed by atoms with Crippen molar-refractivity contribution in [3.05, 3.63) is 99.4 Å². The number of nitrogens with zero attached hydrogens (tertiary/aromatic N) is 3. The van der Waals surface area contributed by atoms with Crippen molar-refractivity contribution in [3.63, 3.8) is 0 Å². The number of urea groups is 1. The number of hydrogen-bond acceptors (Lipinski definition) is 7. The molecule has 6 rings (SSSR count). The fourth-order valence-electron chi connectivity index (χ4n) is 7.38. The van der Waals surface area contributed by atoms with Crippen LogP contribution in [0.5, 0.6) is 11.5 Å². The minimum absolute atomic E-state index is 0.0190. The first kappa shape index (κ1) is 38.8. The quantitative estimate of drug-likeness (QED) is 0.0906. The third-order valence-electron chi connectivity index (χ3n) is 10.2. The van der Waals surface area contributed by atoms with Crippen LogP contribution >= 0.6 is 23.2 Å². The molecule has 5 aromatic rings. The van der Waals surface area contributed by atoms with Gasteiger partial charge in [-0.25, -0.2) is 9.18 Å². The Hall–Kier alpha value is -4.88. The number of amides is 2. The summed E-state index contributed by atoms with van der Waals surface area (Å²) in [5.74, 6) is -0.748. The van der Waals surface area contributed by atoms with Gasteiger partial charge in [0.2, 0.25) is 0 Å². The molecule has 1 fully saturated rings. The van der Waals surface area contributed by atoms with Crippen molar-refractivity contribution in [1.29, 1.82) is 0 Å². The highest BCUT2D eigenvalue weighted by Gasteiger charge is 2.30. The number of nitrogens with two attached hydrogens (primary N) is 1. The molecule has 1 aliphatic carbocycles. The first-order valence-corrected chi connectivity index (χ1v) is 18.3. The van der Waals surface area contributed by atoms with Gasteiger partial charge in [-0.2, -0.15) is 5.10 Å². The molecule has 2 amide bonds. The largest absolute Gasteiger partial charge is 0.496 e. The molecule has 1 aliphatic rings. The average Bonchev–Trinajstić information content (AvgIpc) is 3.57. The van der Waals surface area contributed by atoms with E-state index in [2.05, 4.69) is 10.2 Å². The Morgan fingerprint density at radius 1 is 0.981 bits per heavy atom. The Bertz CT molecular complexity index is 2170. The van der Waals surface area contributed by atoms with E-state index in [1.54, 1.807) is 25.4 Å². The first-order chi connectivity index (χ1) is 26.0. The summed E-state index contributed by atoms with van der Waals surface area (Å²) in [6.07, 6.45) is 4.48. The number of hydrogen-bond donors (Lipinski definition) is 4. The van der Waals surface area contributed by atoms with Gasteiger partial charge in [-0.1, -0.05) is 53.5 Å². The Kier molecular flexibility index (Phi) is 12.3. The Morgan fingerprint density at radius 2 is 1.69 bits per heavy atom. The number of primary amides is 1. The number of carboxylic acid groups (broad SMARTS) is 1. The van der Waals surface area contributed by atoms with Crippen molar-refractivity contribution >= 4 is 46.1 Å². The minimum Gasteiger partial charge on any atom is -0.496 e. The number of fused-ring (bicyclic) bond motifs is 1. The third-order valence-corrected chi connectivity index (χ3v) is 11.0. The van der Waals surface area contributed by atoms with Crippen molar-refractivity contribution < 1.29 is 33.7 Å². The van der Waals surface area contributed by atoms with Crippen LogP contribution in [-0.2, 0) is 24.4 Å². The molecule has 0 aliphatic heterocycles. The van der Waals surface area contributed by atoms with Crippen LogP contribution in [0.4, 0.5) is 9.18 Å². The molecule has 1 aromatic heterocycles. The number of carbonyl (C=O) groups is 2. The summed E-state index contributed by atoms with van der Waals surface area (Å²) >= 11 is 14.0. The molecule has 1 heterocycles. The number of aliphatic hydroxyl groups excluding tert-OH is 1. The van der Waals surface area contributed by atoms with Crippen molar-refractivity contribution in [3.8, 4) is 33.8 Å². The highest BCUT2D eigenvalue weighted by molar-refractivity contribution is 6.36. The van der Waals surface area contributed by atoms with E-state index in [0.29, 0.717) is 59.4 Å². The van der Waals surface area contributed by atoms with Crippen LogP contribution in [0.3, 0.4) is 0 Å². The average molecular weight is 779 g/mol. The summed E-state index contributed by atoms with van der Waals surface area (Å²) in [5, 5.41) is 28.2. The second-order valence-corrected chi connectivity index (χ2v) is 14.1. The van der Waals surface area contributed by atoms with Crippen LogP contribution in [0.2, 0.25) is 10.0 Å². The van der Waals surface area contributed by atoms with Crippen molar-refractivity contribution in [2.24, 2.45) is 11.7 Å². The molecule has 0 radical (unpaired) electrons. The standard InChI is InChI=1S/C40H42Cl2FN5O6/c1-53-36-18-25(33(41)15-26(36)21-47(13-14-49)27-11-9-23(10-12-27)39(50)51)22-48-35-8-4-6-29(31(35)20-46-48)30-7-3-5-28(38(30)42)24-16-34(43)32(19-45-40(44)52)37(17-24)54-2/h3-8,15-18,20,23,27,49H,9-14,19,21-22H2,1-2H3,(H,50,51)(H3,44,45,52). The number of aromatic nitrogens is 2. The highest BCUT2D eigenvalue weighted by atomic mass is 35.5. The number of aliphatic carboxylic acids is 1. The second kappa shape index (κ2) is 17.1. The molecular weight excluding hydrogens is 736 g/mol. The molecular formula is C40H42Cl2FN5O6. The van der Waals surface area contributed by atoms with Gasteiger partial charge in [0.1, 0.15) is 17.3 Å². The lowest BCUT2D eigenvalue weighted by Gasteiger charge is -2.36. The zero-order valence-electron chi connectivity index (χ0n) is 29.9. The smallest absolute Gasteiger partial charge is 0.312 e. The van der Waals surface area contributed by atoms with Crippen LogP contribution in [0.15, 0.2) is 66.9 Å². The Morgan fingerprint density at radius 3 is 2.37 bits per heavy atom. The number of carboxylic acids is 1. The van der Waals surface area contributed by atoms with Gasteiger partial charge in [0, 0.05) is 51.8 Å². The number of nitrogens with one attached hydrogen (secondary N) is 1. The molecule has 0 spiro atoms. The third kappa shape index (κ3) is 8.27. The number of rotatable bonds is 14. The van der Waals surface area contributed by atoms with Gasteiger partial charge in [0.05, 0.1) is 56.6 Å². The van der Waals surface area contributed by atoms with E-state index in [9.17, 15) is 19.8 Å². The minimum atomic E-state index is -0.776. The molecule has 11 nitrogen and oxygen atoms in total. The van der Waals surface area contributed by atoms with Gasteiger partial charge in [0.15, 0.2) is 0 Å². The predicted octanol–water partition coefficient (Wildman–Crippen LogP) is 7.49. The molecule has 54 heavy (non-hydrogen) atoms. The van der Waals surface area contributed by atoms with Gasteiger partial charge in [-0.05, 0) is 72.7 Å². The summed E-state index contributed by atoms with van der Waals surface area (Å²) in [5.41, 5.74) is 10.5. The molecule has 0 bridgehead atoms. The van der Waals surface area contributed by atoms with E-state index >= 15 is 4.39 Å². The van der Waals surface area contributed by atoms with Crippen molar-refractivity contribution in [2.45, 2.75) is 51.4 Å². The van der Waals surface area contributed by atoms with E-state index in [4.69, 9.17) is 43.5 Å². The molecule has 0 unspecified atom stereocenters. The zero-order chi connectivity index (χ0) is 38.5. The monoisotopic (exact) mass is 777 g/mol. The molecule has 0 atom stereocenters. The van der Waals surface area contributed by atoms with E-state index < -0.39 is 17.8 Å². The van der Waals surface area contributed by atoms with Gasteiger partial charge < -0.3 is 30.7 Å². The van der Waals surface area contributed by atoms with E-state index in [1.165, 1.54) is 13.2 Å². The van der Waals surface area contributed by atoms with Gasteiger partial charge in [-0.3, -0.25) is 14.4 Å². The van der Waals surface area contributed by atoms with E-state index in [0.717, 1.165) is 46.0 Å². The number of benzene rings is 4. The number of carbonyl (C=O) groups excluding carboxylic acids is 1. The number of halogens is 3. The molecule has 5 N–H and O–H groups in total. The fraction of sp³-hybridized carbons (Fsp3) is 0.325. The topological polar surface area (TPSA) is 152 Å². The summed E-state index contributed by atoms with van der Waals surface area (Å²) in [6.45, 7) is 1.15. The SMILES string of the molecule is COc1cc(Cn2ncc3c(-c4cccc(-c5cc(F)c(CNC(N)=O)c(OC)c5)c4Cl)cccc32)c(Cl)cc1CN(CCO)C1CCC(C(=O)O)CC1. The van der Waals surface area contributed by atoms with Crippen LogP contribution in [0.25, 0.3) is 33.2 Å². The Labute approximate surface area is 322 Å².